The van der Waals surface area contributed by atoms with E-state index < -0.39 is 0 Å². The van der Waals surface area contributed by atoms with Crippen LogP contribution in [0.1, 0.15) is 18.4 Å². The quantitative estimate of drug-likeness (QED) is 0.781. The summed E-state index contributed by atoms with van der Waals surface area (Å²) in [4.78, 5) is 2.38. The second-order valence-electron chi connectivity index (χ2n) is 5.02. The first-order chi connectivity index (χ1) is 8.13. The number of morpholine rings is 1. The minimum Gasteiger partial charge on any atom is -0.398 e. The second kappa shape index (κ2) is 4.07. The third-order valence-electron chi connectivity index (χ3n) is 3.70. The van der Waals surface area contributed by atoms with Crippen LogP contribution in [0.4, 0.5) is 11.4 Å². The molecule has 2 bridgehead atoms. The monoisotopic (exact) mass is 252 g/mol. The van der Waals surface area contributed by atoms with Gasteiger partial charge in [0.25, 0.3) is 0 Å². The maximum absolute atomic E-state index is 6.11. The van der Waals surface area contributed by atoms with Crippen molar-refractivity contribution in [3.05, 3.63) is 22.7 Å². The molecule has 2 N–H and O–H groups in total. The van der Waals surface area contributed by atoms with Gasteiger partial charge in [-0.3, -0.25) is 0 Å². The first kappa shape index (κ1) is 11.2. The Morgan fingerprint density at radius 3 is 2.59 bits per heavy atom. The van der Waals surface area contributed by atoms with E-state index in [9.17, 15) is 0 Å². The molecule has 2 saturated heterocycles. The number of anilines is 2. The molecule has 0 spiro atoms. The van der Waals surface area contributed by atoms with Crippen LogP contribution < -0.4 is 10.6 Å². The van der Waals surface area contributed by atoms with Crippen molar-refractivity contribution in [2.24, 2.45) is 0 Å². The molecule has 2 fully saturated rings. The van der Waals surface area contributed by atoms with Gasteiger partial charge in [0.05, 0.1) is 22.9 Å². The highest BCUT2D eigenvalue weighted by molar-refractivity contribution is 6.33. The van der Waals surface area contributed by atoms with E-state index in [2.05, 4.69) is 11.8 Å². The molecule has 3 nitrogen and oxygen atoms in total. The van der Waals surface area contributed by atoms with Crippen molar-refractivity contribution in [3.63, 3.8) is 0 Å². The lowest BCUT2D eigenvalue weighted by Crippen LogP contribution is -2.42. The molecule has 2 aliphatic heterocycles. The molecule has 17 heavy (non-hydrogen) atoms. The highest BCUT2D eigenvalue weighted by atomic mass is 35.5. The first-order valence-electron chi connectivity index (χ1n) is 6.09. The van der Waals surface area contributed by atoms with E-state index in [1.54, 1.807) is 0 Å². The zero-order valence-corrected chi connectivity index (χ0v) is 10.7. The zero-order valence-electron chi connectivity index (χ0n) is 9.95. The SMILES string of the molecule is Cc1cc(N)c(Cl)cc1N1CC2CCC(C1)O2. The van der Waals surface area contributed by atoms with Gasteiger partial charge in [0.2, 0.25) is 0 Å². The van der Waals surface area contributed by atoms with Crippen LogP contribution in [0.5, 0.6) is 0 Å². The van der Waals surface area contributed by atoms with Crippen LogP contribution in [0.15, 0.2) is 12.1 Å². The molecule has 92 valence electrons. The van der Waals surface area contributed by atoms with Gasteiger partial charge in [0, 0.05) is 18.8 Å². The van der Waals surface area contributed by atoms with Gasteiger partial charge in [0.1, 0.15) is 0 Å². The number of nitrogens with zero attached hydrogens (tertiary/aromatic N) is 1. The Morgan fingerprint density at radius 1 is 1.29 bits per heavy atom. The van der Waals surface area contributed by atoms with E-state index >= 15 is 0 Å². The third kappa shape index (κ3) is 1.98. The molecule has 0 aliphatic carbocycles. The predicted molar refractivity (Wildman–Crippen MR) is 70.7 cm³/mol. The molecule has 2 heterocycles. The van der Waals surface area contributed by atoms with Gasteiger partial charge in [-0.1, -0.05) is 11.6 Å². The summed E-state index contributed by atoms with van der Waals surface area (Å²) in [5.74, 6) is 0. The molecule has 2 atom stereocenters. The number of benzene rings is 1. The summed E-state index contributed by atoms with van der Waals surface area (Å²) in [5.41, 5.74) is 8.85. The molecule has 0 aromatic heterocycles. The van der Waals surface area contributed by atoms with Crippen molar-refractivity contribution >= 4 is 23.0 Å². The van der Waals surface area contributed by atoms with Gasteiger partial charge in [0.15, 0.2) is 0 Å². The van der Waals surface area contributed by atoms with Gasteiger partial charge in [-0.05, 0) is 37.5 Å². The first-order valence-corrected chi connectivity index (χ1v) is 6.47. The van der Waals surface area contributed by atoms with Crippen molar-refractivity contribution in [2.45, 2.75) is 32.0 Å². The molecule has 2 unspecified atom stereocenters. The summed E-state index contributed by atoms with van der Waals surface area (Å²) >= 11 is 6.11. The van der Waals surface area contributed by atoms with E-state index in [0.29, 0.717) is 22.9 Å². The molecule has 4 heteroatoms. The third-order valence-corrected chi connectivity index (χ3v) is 4.03. The average Bonchev–Trinajstić information content (AvgIpc) is 2.63. The van der Waals surface area contributed by atoms with E-state index in [-0.39, 0.29) is 0 Å². The maximum atomic E-state index is 6.11. The Kier molecular flexibility index (Phi) is 2.68. The summed E-state index contributed by atoms with van der Waals surface area (Å²) in [6, 6.07) is 3.94. The topological polar surface area (TPSA) is 38.5 Å². The van der Waals surface area contributed by atoms with Gasteiger partial charge in [-0.2, -0.15) is 0 Å². The van der Waals surface area contributed by atoms with E-state index in [1.807, 2.05) is 12.1 Å². The van der Waals surface area contributed by atoms with Crippen molar-refractivity contribution < 1.29 is 4.74 Å². The number of halogens is 1. The molecule has 0 radical (unpaired) electrons. The van der Waals surface area contributed by atoms with Crippen LogP contribution in [0.2, 0.25) is 5.02 Å². The summed E-state index contributed by atoms with van der Waals surface area (Å²) in [6.07, 6.45) is 3.15. The Hall–Kier alpha value is -0.930. The Balaban J connectivity index is 1.91. The van der Waals surface area contributed by atoms with E-state index in [4.69, 9.17) is 22.1 Å². The minimum atomic E-state index is 0.393. The molecule has 0 saturated carbocycles. The zero-order chi connectivity index (χ0) is 12.0. The van der Waals surface area contributed by atoms with E-state index in [1.165, 1.54) is 24.1 Å². The molecule has 0 amide bonds. The van der Waals surface area contributed by atoms with Crippen LogP contribution in [0, 0.1) is 6.92 Å². The average molecular weight is 253 g/mol. The Morgan fingerprint density at radius 2 is 1.94 bits per heavy atom. The molecular formula is C13H17ClN2O. The van der Waals surface area contributed by atoms with Gasteiger partial charge in [-0.25, -0.2) is 0 Å². The summed E-state index contributed by atoms with van der Waals surface area (Å²) in [7, 11) is 0. The number of fused-ring (bicyclic) bond motifs is 2. The van der Waals surface area contributed by atoms with Crippen molar-refractivity contribution in [2.75, 3.05) is 23.7 Å². The van der Waals surface area contributed by atoms with Crippen LogP contribution in [-0.4, -0.2) is 25.3 Å². The fourth-order valence-electron chi connectivity index (χ4n) is 2.85. The highest BCUT2D eigenvalue weighted by Gasteiger charge is 2.34. The summed E-state index contributed by atoms with van der Waals surface area (Å²) < 4.78 is 5.84. The van der Waals surface area contributed by atoms with Crippen molar-refractivity contribution in [1.82, 2.24) is 0 Å². The van der Waals surface area contributed by atoms with Crippen LogP contribution in [0.3, 0.4) is 0 Å². The fraction of sp³-hybridized carbons (Fsp3) is 0.538. The lowest BCUT2D eigenvalue weighted by atomic mass is 10.1. The van der Waals surface area contributed by atoms with Gasteiger partial charge in [-0.15, -0.1) is 0 Å². The van der Waals surface area contributed by atoms with E-state index in [0.717, 1.165) is 13.1 Å². The number of hydrogen-bond donors (Lipinski definition) is 1. The van der Waals surface area contributed by atoms with Gasteiger partial charge >= 0.3 is 0 Å². The summed E-state index contributed by atoms with van der Waals surface area (Å²) in [6.45, 7) is 4.02. The van der Waals surface area contributed by atoms with Crippen LogP contribution >= 0.6 is 11.6 Å². The standard InChI is InChI=1S/C13H17ClN2O/c1-8-4-12(15)11(14)5-13(8)16-6-9-2-3-10(7-16)17-9/h4-5,9-10H,2-3,6-7,15H2,1H3. The Labute approximate surface area is 106 Å². The van der Waals surface area contributed by atoms with Crippen molar-refractivity contribution in [3.8, 4) is 0 Å². The lowest BCUT2D eigenvalue weighted by Gasteiger charge is -2.35. The maximum Gasteiger partial charge on any atom is 0.0755 e. The Bertz CT molecular complexity index is 437. The minimum absolute atomic E-state index is 0.393. The number of nitrogen functional groups attached to an aromatic ring is 1. The number of nitrogens with two attached hydrogens (primary N) is 1. The second-order valence-corrected chi connectivity index (χ2v) is 5.43. The summed E-state index contributed by atoms with van der Waals surface area (Å²) in [5, 5.41) is 0.643. The smallest absolute Gasteiger partial charge is 0.0755 e. The number of hydrogen-bond acceptors (Lipinski definition) is 3. The normalized spacial score (nSPS) is 27.5. The van der Waals surface area contributed by atoms with Gasteiger partial charge < -0.3 is 15.4 Å². The highest BCUT2D eigenvalue weighted by Crippen LogP contribution is 2.34. The fourth-order valence-corrected chi connectivity index (χ4v) is 3.00. The number of rotatable bonds is 1. The molecule has 1 aromatic rings. The number of aryl methyl sites for hydroxylation is 1. The number of ether oxygens (including phenoxy) is 1. The molecule has 1 aromatic carbocycles. The largest absolute Gasteiger partial charge is 0.398 e. The predicted octanol–water partition coefficient (Wildman–Crippen LogP) is 2.60. The molecular weight excluding hydrogens is 236 g/mol. The molecule has 2 aliphatic rings. The van der Waals surface area contributed by atoms with Crippen molar-refractivity contribution in [1.29, 1.82) is 0 Å². The van der Waals surface area contributed by atoms with Crippen LogP contribution in [0.25, 0.3) is 0 Å². The van der Waals surface area contributed by atoms with Crippen LogP contribution in [-0.2, 0) is 4.74 Å². The molecule has 3 rings (SSSR count). The lowest BCUT2D eigenvalue weighted by molar-refractivity contribution is 0.0304.